The van der Waals surface area contributed by atoms with Gasteiger partial charge in [-0.2, -0.15) is 5.10 Å². The van der Waals surface area contributed by atoms with Crippen molar-refractivity contribution in [3.8, 4) is 11.1 Å². The Morgan fingerprint density at radius 2 is 2.03 bits per heavy atom. The SMILES string of the molecule is Cn1cc(-c2ccc(Cn3cc(C(=O)NC4CCCC4)c4ncccc43)c(F)c2)cn1. The van der Waals surface area contributed by atoms with Crippen molar-refractivity contribution in [2.75, 3.05) is 0 Å². The van der Waals surface area contributed by atoms with Gasteiger partial charge in [-0.1, -0.05) is 25.0 Å². The number of carbonyl (C=O) groups excluding carboxylic acids is 1. The third kappa shape index (κ3) is 3.83. The van der Waals surface area contributed by atoms with Gasteiger partial charge in [-0.15, -0.1) is 0 Å². The molecule has 1 aliphatic carbocycles. The lowest BCUT2D eigenvalue weighted by molar-refractivity contribution is 0.0939. The van der Waals surface area contributed by atoms with Crippen molar-refractivity contribution in [3.05, 3.63) is 72.1 Å². The Kier molecular flexibility index (Phi) is 5.02. The van der Waals surface area contributed by atoms with Gasteiger partial charge in [-0.25, -0.2) is 4.39 Å². The first kappa shape index (κ1) is 19.5. The zero-order valence-electron chi connectivity index (χ0n) is 17.4. The Bertz CT molecular complexity index is 1250. The van der Waals surface area contributed by atoms with Gasteiger partial charge in [-0.05, 0) is 36.6 Å². The number of pyridine rings is 1. The van der Waals surface area contributed by atoms with Crippen LogP contribution in [0.4, 0.5) is 4.39 Å². The number of halogens is 1. The number of benzene rings is 1. The Morgan fingerprint density at radius 1 is 1.19 bits per heavy atom. The molecule has 0 radical (unpaired) electrons. The van der Waals surface area contributed by atoms with E-state index in [2.05, 4.69) is 15.4 Å². The number of hydrogen-bond acceptors (Lipinski definition) is 3. The summed E-state index contributed by atoms with van der Waals surface area (Å²) >= 11 is 0. The van der Waals surface area contributed by atoms with E-state index in [0.717, 1.165) is 42.3 Å². The van der Waals surface area contributed by atoms with Crippen molar-refractivity contribution < 1.29 is 9.18 Å². The highest BCUT2D eigenvalue weighted by Gasteiger charge is 2.22. The monoisotopic (exact) mass is 417 g/mol. The molecule has 0 spiro atoms. The average Bonchev–Trinajstić information content (AvgIpc) is 3.50. The number of rotatable bonds is 5. The summed E-state index contributed by atoms with van der Waals surface area (Å²) in [7, 11) is 1.83. The summed E-state index contributed by atoms with van der Waals surface area (Å²) in [5, 5.41) is 7.28. The Morgan fingerprint density at radius 3 is 2.77 bits per heavy atom. The van der Waals surface area contributed by atoms with E-state index in [-0.39, 0.29) is 17.8 Å². The molecule has 4 aromatic rings. The lowest BCUT2D eigenvalue weighted by atomic mass is 10.1. The van der Waals surface area contributed by atoms with E-state index in [1.165, 1.54) is 6.07 Å². The molecule has 3 heterocycles. The number of hydrogen-bond donors (Lipinski definition) is 1. The third-order valence-electron chi connectivity index (χ3n) is 6.00. The minimum absolute atomic E-state index is 0.109. The molecule has 0 atom stereocenters. The van der Waals surface area contributed by atoms with Crippen molar-refractivity contribution in [1.29, 1.82) is 0 Å². The molecule has 1 fully saturated rings. The number of aryl methyl sites for hydroxylation is 1. The molecule has 1 aliphatic rings. The number of amides is 1. The molecule has 0 aliphatic heterocycles. The molecular weight excluding hydrogens is 393 g/mol. The Balaban J connectivity index is 1.44. The highest BCUT2D eigenvalue weighted by Crippen LogP contribution is 2.25. The summed E-state index contributed by atoms with van der Waals surface area (Å²) in [6.07, 6.45) is 11.4. The van der Waals surface area contributed by atoms with E-state index in [1.54, 1.807) is 29.3 Å². The van der Waals surface area contributed by atoms with Crippen molar-refractivity contribution in [1.82, 2.24) is 24.6 Å². The van der Waals surface area contributed by atoms with Gasteiger partial charge in [0.1, 0.15) is 11.3 Å². The first-order chi connectivity index (χ1) is 15.1. The van der Waals surface area contributed by atoms with Crippen LogP contribution >= 0.6 is 0 Å². The molecule has 1 N–H and O–H groups in total. The van der Waals surface area contributed by atoms with Crippen LogP contribution in [-0.2, 0) is 13.6 Å². The average molecular weight is 417 g/mol. The highest BCUT2D eigenvalue weighted by molar-refractivity contribution is 6.05. The maximum Gasteiger partial charge on any atom is 0.255 e. The van der Waals surface area contributed by atoms with Crippen LogP contribution in [0, 0.1) is 5.82 Å². The molecule has 31 heavy (non-hydrogen) atoms. The zero-order chi connectivity index (χ0) is 21.4. The first-order valence-corrected chi connectivity index (χ1v) is 10.6. The lowest BCUT2D eigenvalue weighted by Crippen LogP contribution is -2.32. The number of fused-ring (bicyclic) bond motifs is 1. The fourth-order valence-corrected chi connectivity index (χ4v) is 4.36. The number of carbonyl (C=O) groups is 1. The van der Waals surface area contributed by atoms with Crippen molar-refractivity contribution >= 4 is 16.9 Å². The summed E-state index contributed by atoms with van der Waals surface area (Å²) in [6.45, 7) is 0.318. The molecule has 6 nitrogen and oxygen atoms in total. The predicted octanol–water partition coefficient (Wildman–Crippen LogP) is 4.30. The van der Waals surface area contributed by atoms with Crippen molar-refractivity contribution in [2.24, 2.45) is 7.05 Å². The molecule has 0 saturated heterocycles. The molecule has 0 unspecified atom stereocenters. The Labute approximate surface area is 179 Å². The molecule has 158 valence electrons. The molecule has 1 amide bonds. The van der Waals surface area contributed by atoms with Gasteiger partial charge in [-0.3, -0.25) is 14.5 Å². The standard InChI is InChI=1S/C24H24FN5O/c1-29-13-18(12-27-29)16-8-9-17(21(25)11-16)14-30-15-20(23-22(30)7-4-10-26-23)24(31)28-19-5-2-3-6-19/h4,7-13,15,19H,2-3,5-6,14H2,1H3,(H,28,31). The maximum atomic E-state index is 14.9. The van der Waals surface area contributed by atoms with Crippen LogP contribution in [0.3, 0.4) is 0 Å². The fourth-order valence-electron chi connectivity index (χ4n) is 4.36. The highest BCUT2D eigenvalue weighted by atomic mass is 19.1. The van der Waals surface area contributed by atoms with Gasteiger partial charge in [0.2, 0.25) is 0 Å². The zero-order valence-corrected chi connectivity index (χ0v) is 17.4. The van der Waals surface area contributed by atoms with Crippen LogP contribution in [0.1, 0.15) is 41.6 Å². The van der Waals surface area contributed by atoms with Crippen LogP contribution in [0.2, 0.25) is 0 Å². The van der Waals surface area contributed by atoms with Crippen molar-refractivity contribution in [3.63, 3.8) is 0 Å². The summed E-state index contributed by atoms with van der Waals surface area (Å²) < 4.78 is 18.5. The van der Waals surface area contributed by atoms with Gasteiger partial charge in [0, 0.05) is 42.8 Å². The third-order valence-corrected chi connectivity index (χ3v) is 6.00. The van der Waals surface area contributed by atoms with Crippen LogP contribution in [0.25, 0.3) is 22.2 Å². The smallest absolute Gasteiger partial charge is 0.255 e. The predicted molar refractivity (Wildman–Crippen MR) is 117 cm³/mol. The minimum atomic E-state index is -0.288. The molecular formula is C24H24FN5O. The maximum absolute atomic E-state index is 14.9. The summed E-state index contributed by atoms with van der Waals surface area (Å²) in [6, 6.07) is 9.19. The van der Waals surface area contributed by atoms with E-state index in [9.17, 15) is 9.18 Å². The molecule has 5 rings (SSSR count). The summed E-state index contributed by atoms with van der Waals surface area (Å²) in [5.41, 5.74) is 4.20. The van der Waals surface area contributed by atoms with Crippen LogP contribution < -0.4 is 5.32 Å². The van der Waals surface area contributed by atoms with Crippen LogP contribution in [-0.4, -0.2) is 31.3 Å². The number of nitrogens with zero attached hydrogens (tertiary/aromatic N) is 4. The lowest BCUT2D eigenvalue weighted by Gasteiger charge is -2.10. The van der Waals surface area contributed by atoms with Gasteiger partial charge in [0.05, 0.1) is 23.8 Å². The number of aromatic nitrogens is 4. The summed E-state index contributed by atoms with van der Waals surface area (Å²) in [4.78, 5) is 17.3. The topological polar surface area (TPSA) is 64.7 Å². The van der Waals surface area contributed by atoms with Crippen LogP contribution in [0.15, 0.2) is 55.1 Å². The summed E-state index contributed by atoms with van der Waals surface area (Å²) in [5.74, 6) is -0.397. The molecule has 1 saturated carbocycles. The van der Waals surface area contributed by atoms with Gasteiger partial charge >= 0.3 is 0 Å². The number of nitrogens with one attached hydrogen (secondary N) is 1. The Hall–Kier alpha value is -3.48. The van der Waals surface area contributed by atoms with Crippen LogP contribution in [0.5, 0.6) is 0 Å². The second-order valence-corrected chi connectivity index (χ2v) is 8.21. The minimum Gasteiger partial charge on any atom is -0.349 e. The quantitative estimate of drug-likeness (QED) is 0.527. The van der Waals surface area contributed by atoms with Gasteiger partial charge in [0.25, 0.3) is 5.91 Å². The van der Waals surface area contributed by atoms with Gasteiger partial charge < -0.3 is 9.88 Å². The fraction of sp³-hybridized carbons (Fsp3) is 0.292. The van der Waals surface area contributed by atoms with E-state index in [1.807, 2.05) is 36.0 Å². The second kappa shape index (κ2) is 7.98. The van der Waals surface area contributed by atoms with E-state index >= 15 is 0 Å². The second-order valence-electron chi connectivity index (χ2n) is 8.21. The van der Waals surface area contributed by atoms with E-state index in [0.29, 0.717) is 23.2 Å². The first-order valence-electron chi connectivity index (χ1n) is 10.6. The van der Waals surface area contributed by atoms with Gasteiger partial charge in [0.15, 0.2) is 0 Å². The normalized spacial score (nSPS) is 14.4. The molecule has 0 bridgehead atoms. The van der Waals surface area contributed by atoms with Crippen molar-refractivity contribution in [2.45, 2.75) is 38.3 Å². The molecule has 1 aromatic carbocycles. The largest absolute Gasteiger partial charge is 0.349 e. The molecule has 7 heteroatoms. The van der Waals surface area contributed by atoms with E-state index in [4.69, 9.17) is 0 Å². The van der Waals surface area contributed by atoms with E-state index < -0.39 is 0 Å². The molecule has 3 aromatic heterocycles.